The first kappa shape index (κ1) is 13.1. The van der Waals surface area contributed by atoms with Gasteiger partial charge in [-0.05, 0) is 17.7 Å². The number of nitrogens with zero attached hydrogens (tertiary/aromatic N) is 2. The molecule has 0 aliphatic carbocycles. The van der Waals surface area contributed by atoms with Crippen molar-refractivity contribution < 1.29 is 4.79 Å². The molecule has 0 unspecified atom stereocenters. The van der Waals surface area contributed by atoms with E-state index in [1.54, 1.807) is 30.4 Å². The standard InChI is InChI=1S/C12H12ClN3O/c1-3-5-9(4-2)8-12(17)14-11-7-6-10(13)15-16-11/h3-7H,1-2,8H2,(H,14,16,17)/b9-5+. The van der Waals surface area contributed by atoms with E-state index in [0.29, 0.717) is 5.82 Å². The quantitative estimate of drug-likeness (QED) is 0.817. The van der Waals surface area contributed by atoms with Crippen molar-refractivity contribution in [1.82, 2.24) is 10.2 Å². The van der Waals surface area contributed by atoms with Gasteiger partial charge in [0.1, 0.15) is 0 Å². The molecule has 5 heteroatoms. The topological polar surface area (TPSA) is 54.9 Å². The minimum Gasteiger partial charge on any atom is -0.309 e. The van der Waals surface area contributed by atoms with Crippen molar-refractivity contribution in [2.75, 3.05) is 5.32 Å². The lowest BCUT2D eigenvalue weighted by atomic mass is 10.1. The van der Waals surface area contributed by atoms with Crippen molar-refractivity contribution in [3.8, 4) is 0 Å². The molecular formula is C12H12ClN3O. The lowest BCUT2D eigenvalue weighted by molar-refractivity contribution is -0.115. The highest BCUT2D eigenvalue weighted by molar-refractivity contribution is 6.29. The number of carbonyl (C=O) groups excluding carboxylic acids is 1. The van der Waals surface area contributed by atoms with Gasteiger partial charge in [-0.15, -0.1) is 10.2 Å². The largest absolute Gasteiger partial charge is 0.309 e. The zero-order valence-electron chi connectivity index (χ0n) is 9.19. The van der Waals surface area contributed by atoms with E-state index in [9.17, 15) is 4.79 Å². The molecule has 0 aliphatic heterocycles. The summed E-state index contributed by atoms with van der Waals surface area (Å²) in [5.41, 5.74) is 0.777. The molecule has 0 atom stereocenters. The minimum absolute atomic E-state index is 0.199. The molecule has 0 aliphatic rings. The van der Waals surface area contributed by atoms with Crippen LogP contribution in [0.3, 0.4) is 0 Å². The van der Waals surface area contributed by atoms with Crippen molar-refractivity contribution in [1.29, 1.82) is 0 Å². The molecule has 4 nitrogen and oxygen atoms in total. The maximum atomic E-state index is 11.6. The third kappa shape index (κ3) is 4.61. The van der Waals surface area contributed by atoms with Crippen LogP contribution < -0.4 is 5.32 Å². The molecule has 1 aromatic rings. The zero-order valence-corrected chi connectivity index (χ0v) is 9.94. The van der Waals surface area contributed by atoms with Crippen molar-refractivity contribution in [3.05, 3.63) is 54.2 Å². The molecule has 0 saturated carbocycles. The number of amides is 1. The Morgan fingerprint density at radius 2 is 2.18 bits per heavy atom. The molecule has 88 valence electrons. The van der Waals surface area contributed by atoms with Crippen LogP contribution in [0.2, 0.25) is 5.15 Å². The van der Waals surface area contributed by atoms with E-state index < -0.39 is 0 Å². The molecule has 1 aromatic heterocycles. The highest BCUT2D eigenvalue weighted by Gasteiger charge is 2.05. The second-order valence-corrected chi connectivity index (χ2v) is 3.53. The summed E-state index contributed by atoms with van der Waals surface area (Å²) in [5, 5.41) is 10.2. The number of hydrogen-bond acceptors (Lipinski definition) is 3. The summed E-state index contributed by atoms with van der Waals surface area (Å²) in [5.74, 6) is 0.163. The fraction of sp³-hybridized carbons (Fsp3) is 0.0833. The summed E-state index contributed by atoms with van der Waals surface area (Å²) in [4.78, 5) is 11.6. The highest BCUT2D eigenvalue weighted by Crippen LogP contribution is 2.08. The zero-order chi connectivity index (χ0) is 12.7. The van der Waals surface area contributed by atoms with Gasteiger partial charge in [-0.25, -0.2) is 0 Å². The summed E-state index contributed by atoms with van der Waals surface area (Å²) < 4.78 is 0. The van der Waals surface area contributed by atoms with Crippen LogP contribution >= 0.6 is 11.6 Å². The predicted molar refractivity (Wildman–Crippen MR) is 68.8 cm³/mol. The molecule has 1 rings (SSSR count). The first-order chi connectivity index (χ1) is 8.15. The van der Waals surface area contributed by atoms with Crippen molar-refractivity contribution in [3.63, 3.8) is 0 Å². The molecule has 0 saturated heterocycles. The SMILES string of the molecule is C=C/C=C(\C=C)CC(=O)Nc1ccc(Cl)nn1. The van der Waals surface area contributed by atoms with Crippen LogP contribution in [-0.4, -0.2) is 16.1 Å². The maximum absolute atomic E-state index is 11.6. The smallest absolute Gasteiger partial charge is 0.229 e. The normalized spacial score (nSPS) is 10.8. The Morgan fingerprint density at radius 1 is 1.41 bits per heavy atom. The van der Waals surface area contributed by atoms with Crippen LogP contribution in [0.1, 0.15) is 6.42 Å². The number of allylic oxidation sites excluding steroid dienone is 3. The predicted octanol–water partition coefficient (Wildman–Crippen LogP) is 2.76. The lowest BCUT2D eigenvalue weighted by Crippen LogP contribution is -2.13. The summed E-state index contributed by atoms with van der Waals surface area (Å²) in [6.07, 6.45) is 5.14. The van der Waals surface area contributed by atoms with Crippen molar-refractivity contribution >= 4 is 23.3 Å². The fourth-order valence-corrected chi connectivity index (χ4v) is 1.21. The van der Waals surface area contributed by atoms with Crippen LogP contribution in [0.4, 0.5) is 5.82 Å². The Bertz CT molecular complexity index is 451. The average Bonchev–Trinajstić information content (AvgIpc) is 2.31. The van der Waals surface area contributed by atoms with Gasteiger partial charge in [-0.2, -0.15) is 0 Å². The van der Waals surface area contributed by atoms with E-state index in [0.717, 1.165) is 5.57 Å². The van der Waals surface area contributed by atoms with Crippen LogP contribution in [0.15, 0.2) is 49.1 Å². The number of carbonyl (C=O) groups is 1. The van der Waals surface area contributed by atoms with E-state index in [1.807, 2.05) is 0 Å². The third-order valence-electron chi connectivity index (χ3n) is 1.86. The molecule has 0 radical (unpaired) electrons. The van der Waals surface area contributed by atoms with E-state index >= 15 is 0 Å². The molecule has 1 heterocycles. The van der Waals surface area contributed by atoms with Crippen LogP contribution in [0, 0.1) is 0 Å². The first-order valence-corrected chi connectivity index (χ1v) is 5.26. The van der Waals surface area contributed by atoms with Gasteiger partial charge in [0.25, 0.3) is 0 Å². The number of nitrogens with one attached hydrogen (secondary N) is 1. The number of rotatable bonds is 5. The average molecular weight is 250 g/mol. The van der Waals surface area contributed by atoms with Gasteiger partial charge in [0.2, 0.25) is 5.91 Å². The van der Waals surface area contributed by atoms with Crippen LogP contribution in [0.25, 0.3) is 0 Å². The molecule has 1 N–H and O–H groups in total. The Balaban J connectivity index is 2.60. The monoisotopic (exact) mass is 249 g/mol. The number of halogens is 1. The number of aromatic nitrogens is 2. The van der Waals surface area contributed by atoms with Crippen LogP contribution in [-0.2, 0) is 4.79 Å². The van der Waals surface area contributed by atoms with E-state index in [2.05, 4.69) is 28.7 Å². The summed E-state index contributed by atoms with van der Waals surface area (Å²) >= 11 is 5.58. The van der Waals surface area contributed by atoms with Gasteiger partial charge in [-0.1, -0.05) is 43.0 Å². The minimum atomic E-state index is -0.199. The van der Waals surface area contributed by atoms with Gasteiger partial charge < -0.3 is 5.32 Å². The molecule has 0 bridgehead atoms. The van der Waals surface area contributed by atoms with Crippen LogP contribution in [0.5, 0.6) is 0 Å². The second-order valence-electron chi connectivity index (χ2n) is 3.15. The van der Waals surface area contributed by atoms with Crippen molar-refractivity contribution in [2.45, 2.75) is 6.42 Å². The fourth-order valence-electron chi connectivity index (χ4n) is 1.11. The third-order valence-corrected chi connectivity index (χ3v) is 2.06. The first-order valence-electron chi connectivity index (χ1n) is 4.89. The van der Waals surface area contributed by atoms with Gasteiger partial charge in [0.05, 0.1) is 6.42 Å². The molecule has 0 spiro atoms. The summed E-state index contributed by atoms with van der Waals surface area (Å²) in [6, 6.07) is 3.14. The highest BCUT2D eigenvalue weighted by atomic mass is 35.5. The summed E-state index contributed by atoms with van der Waals surface area (Å²) in [7, 11) is 0. The van der Waals surface area contributed by atoms with Gasteiger partial charge in [0.15, 0.2) is 11.0 Å². The molecule has 0 fully saturated rings. The summed E-state index contributed by atoms with van der Waals surface area (Å²) in [6.45, 7) is 7.17. The molecule has 17 heavy (non-hydrogen) atoms. The Hall–Kier alpha value is -1.94. The van der Waals surface area contributed by atoms with E-state index in [-0.39, 0.29) is 17.5 Å². The van der Waals surface area contributed by atoms with Crippen molar-refractivity contribution in [2.24, 2.45) is 0 Å². The van der Waals surface area contributed by atoms with Gasteiger partial charge in [-0.3, -0.25) is 4.79 Å². The maximum Gasteiger partial charge on any atom is 0.229 e. The Morgan fingerprint density at radius 3 is 2.71 bits per heavy atom. The van der Waals surface area contributed by atoms with E-state index in [4.69, 9.17) is 11.6 Å². The number of anilines is 1. The molecular weight excluding hydrogens is 238 g/mol. The second kappa shape index (κ2) is 6.60. The Kier molecular flexibility index (Phi) is 5.10. The molecule has 0 aromatic carbocycles. The van der Waals surface area contributed by atoms with Gasteiger partial charge >= 0.3 is 0 Å². The lowest BCUT2D eigenvalue weighted by Gasteiger charge is -2.03. The van der Waals surface area contributed by atoms with E-state index in [1.165, 1.54) is 0 Å². The number of hydrogen-bond donors (Lipinski definition) is 1. The Labute approximate surface area is 105 Å². The van der Waals surface area contributed by atoms with Gasteiger partial charge in [0, 0.05) is 0 Å². The molecule has 1 amide bonds.